The fraction of sp³-hybridized carbons (Fsp3) is 0.286. The third kappa shape index (κ3) is 5.47. The molecule has 5 nitrogen and oxygen atoms in total. The summed E-state index contributed by atoms with van der Waals surface area (Å²) in [6, 6.07) is 7.23. The van der Waals surface area contributed by atoms with Gasteiger partial charge < -0.3 is 4.90 Å². The molecule has 0 saturated carbocycles. The molecule has 3 aromatic rings. The van der Waals surface area contributed by atoms with Crippen LogP contribution in [0.2, 0.25) is 10.2 Å². The number of alkyl halides is 6. The molecule has 0 unspecified atom stereocenters. The van der Waals surface area contributed by atoms with Gasteiger partial charge in [-0.2, -0.15) is 26.3 Å². The Morgan fingerprint density at radius 3 is 2.06 bits per heavy atom. The Morgan fingerprint density at radius 1 is 1.00 bits per heavy atom. The Bertz CT molecular complexity index is 1170. The molecule has 3 rings (SSSR count). The minimum atomic E-state index is -5.00. The van der Waals surface area contributed by atoms with Gasteiger partial charge in [0.25, 0.3) is 5.91 Å². The van der Waals surface area contributed by atoms with Crippen LogP contribution < -0.4 is 4.90 Å². The van der Waals surface area contributed by atoms with Crippen LogP contribution in [0.1, 0.15) is 41.0 Å². The van der Waals surface area contributed by atoms with Gasteiger partial charge in [0.2, 0.25) is 0 Å². The maximum Gasteiger partial charge on any atom is 0.416 e. The van der Waals surface area contributed by atoms with Crippen LogP contribution in [-0.4, -0.2) is 26.9 Å². The summed E-state index contributed by atoms with van der Waals surface area (Å²) in [6.07, 6.45) is -10.0. The number of nitrogens with zero attached hydrogens (tertiary/aromatic N) is 4. The molecule has 0 aliphatic carbocycles. The fourth-order valence-corrected chi connectivity index (χ4v) is 3.64. The predicted octanol–water partition coefficient (Wildman–Crippen LogP) is 6.73. The maximum atomic E-state index is 13.2. The number of hydrogen-bond acceptors (Lipinski definition) is 3. The lowest BCUT2D eigenvalue weighted by molar-refractivity contribution is -0.143. The van der Waals surface area contributed by atoms with E-state index in [1.807, 2.05) is 0 Å². The SMILES string of the molecule is CC(C)N(C(=O)c1nnn(Cc2cc(C(F)(F)F)cc(C(F)(F)F)c2)c1Cl)c1ccccc1Cl. The summed E-state index contributed by atoms with van der Waals surface area (Å²) in [5.41, 5.74) is -3.30. The van der Waals surface area contributed by atoms with Crippen molar-refractivity contribution < 1.29 is 31.1 Å². The molecule has 0 bridgehead atoms. The summed E-state index contributed by atoms with van der Waals surface area (Å²) in [5, 5.41) is 7.30. The van der Waals surface area contributed by atoms with Crippen molar-refractivity contribution in [1.82, 2.24) is 15.0 Å². The highest BCUT2D eigenvalue weighted by atomic mass is 35.5. The molecule has 0 N–H and O–H groups in total. The largest absolute Gasteiger partial charge is 0.416 e. The van der Waals surface area contributed by atoms with Gasteiger partial charge >= 0.3 is 12.4 Å². The van der Waals surface area contributed by atoms with E-state index < -0.39 is 42.0 Å². The molecule has 182 valence electrons. The molecule has 1 heterocycles. The molecule has 0 saturated heterocycles. The van der Waals surface area contributed by atoms with Crippen LogP contribution in [0.25, 0.3) is 0 Å². The first-order chi connectivity index (χ1) is 15.7. The van der Waals surface area contributed by atoms with E-state index in [0.717, 1.165) is 4.68 Å². The van der Waals surface area contributed by atoms with Crippen LogP contribution in [0.3, 0.4) is 0 Å². The zero-order chi connectivity index (χ0) is 25.4. The monoisotopic (exact) mass is 524 g/mol. The van der Waals surface area contributed by atoms with Gasteiger partial charge in [0.1, 0.15) is 0 Å². The summed E-state index contributed by atoms with van der Waals surface area (Å²) < 4.78 is 79.6. The number of carbonyl (C=O) groups excluding carboxylic acids is 1. The topological polar surface area (TPSA) is 51.0 Å². The van der Waals surface area contributed by atoms with Crippen molar-refractivity contribution in [3.05, 3.63) is 75.0 Å². The van der Waals surface area contributed by atoms with Gasteiger partial charge in [0.15, 0.2) is 10.8 Å². The number of halogens is 8. The Hall–Kier alpha value is -2.79. The van der Waals surface area contributed by atoms with Crippen molar-refractivity contribution in [2.75, 3.05) is 4.90 Å². The Balaban J connectivity index is 1.99. The standard InChI is InChI=1S/C21H16Cl2F6N4O/c1-11(2)33(16-6-4-3-5-15(16)22)19(34)17-18(23)32(31-30-17)10-12-7-13(20(24,25)26)9-14(8-12)21(27,28)29/h3-9,11H,10H2,1-2H3. The van der Waals surface area contributed by atoms with E-state index in [1.54, 1.807) is 38.1 Å². The van der Waals surface area contributed by atoms with Crippen LogP contribution >= 0.6 is 23.2 Å². The lowest BCUT2D eigenvalue weighted by atomic mass is 10.0. The number of carbonyl (C=O) groups is 1. The first kappa shape index (κ1) is 25.8. The van der Waals surface area contributed by atoms with Gasteiger partial charge in [0.05, 0.1) is 28.4 Å². The third-order valence-corrected chi connectivity index (χ3v) is 5.40. The van der Waals surface area contributed by atoms with Crippen molar-refractivity contribution >= 4 is 34.8 Å². The Kier molecular flexibility index (Phi) is 7.18. The van der Waals surface area contributed by atoms with E-state index in [9.17, 15) is 31.1 Å². The molecule has 0 aliphatic heterocycles. The van der Waals surface area contributed by atoms with E-state index in [1.165, 1.54) is 4.90 Å². The van der Waals surface area contributed by atoms with E-state index in [4.69, 9.17) is 23.2 Å². The van der Waals surface area contributed by atoms with E-state index in [2.05, 4.69) is 10.3 Å². The van der Waals surface area contributed by atoms with E-state index in [0.29, 0.717) is 17.8 Å². The van der Waals surface area contributed by atoms with Crippen molar-refractivity contribution in [2.24, 2.45) is 0 Å². The normalized spacial score (nSPS) is 12.3. The van der Waals surface area contributed by atoms with Crippen molar-refractivity contribution in [3.8, 4) is 0 Å². The average molecular weight is 525 g/mol. The number of para-hydroxylation sites is 1. The number of aromatic nitrogens is 3. The zero-order valence-corrected chi connectivity index (χ0v) is 19.1. The van der Waals surface area contributed by atoms with Crippen LogP contribution in [0.5, 0.6) is 0 Å². The van der Waals surface area contributed by atoms with Gasteiger partial charge in [-0.05, 0) is 49.7 Å². The zero-order valence-electron chi connectivity index (χ0n) is 17.5. The number of amides is 1. The minimum absolute atomic E-state index is 0.0194. The molecular weight excluding hydrogens is 509 g/mol. The van der Waals surface area contributed by atoms with Crippen LogP contribution in [0.15, 0.2) is 42.5 Å². The van der Waals surface area contributed by atoms with Gasteiger partial charge in [-0.1, -0.05) is 40.5 Å². The average Bonchev–Trinajstić information content (AvgIpc) is 3.08. The second-order valence-corrected chi connectivity index (χ2v) is 8.29. The van der Waals surface area contributed by atoms with Crippen molar-refractivity contribution in [1.29, 1.82) is 0 Å². The molecule has 0 atom stereocenters. The van der Waals surface area contributed by atoms with Gasteiger partial charge in [-0.3, -0.25) is 4.79 Å². The molecule has 1 aromatic heterocycles. The molecule has 1 amide bonds. The van der Waals surface area contributed by atoms with Crippen molar-refractivity contribution in [2.45, 2.75) is 38.8 Å². The lowest BCUT2D eigenvalue weighted by Gasteiger charge is -2.27. The number of hydrogen-bond donors (Lipinski definition) is 0. The van der Waals surface area contributed by atoms with Crippen LogP contribution in [0.4, 0.5) is 32.0 Å². The summed E-state index contributed by atoms with van der Waals surface area (Å²) in [7, 11) is 0. The summed E-state index contributed by atoms with van der Waals surface area (Å²) in [4.78, 5) is 14.5. The lowest BCUT2D eigenvalue weighted by Crippen LogP contribution is -2.37. The Labute approximate surface area is 199 Å². The van der Waals surface area contributed by atoms with Crippen LogP contribution in [0, 0.1) is 0 Å². The van der Waals surface area contributed by atoms with Crippen molar-refractivity contribution in [3.63, 3.8) is 0 Å². The van der Waals surface area contributed by atoms with Crippen LogP contribution in [-0.2, 0) is 18.9 Å². The predicted molar refractivity (Wildman–Crippen MR) is 114 cm³/mol. The minimum Gasteiger partial charge on any atom is -0.303 e. The highest BCUT2D eigenvalue weighted by molar-refractivity contribution is 6.35. The first-order valence-electron chi connectivity index (χ1n) is 9.65. The summed E-state index contributed by atoms with van der Waals surface area (Å²) in [6.45, 7) is 2.83. The van der Waals surface area contributed by atoms with Gasteiger partial charge in [-0.25, -0.2) is 4.68 Å². The molecule has 0 spiro atoms. The number of rotatable bonds is 5. The molecule has 0 fully saturated rings. The summed E-state index contributed by atoms with van der Waals surface area (Å²) >= 11 is 12.4. The van der Waals surface area contributed by atoms with E-state index in [-0.39, 0.29) is 27.5 Å². The van der Waals surface area contributed by atoms with E-state index >= 15 is 0 Å². The molecular formula is C21H16Cl2F6N4O. The number of benzene rings is 2. The fourth-order valence-electron chi connectivity index (χ4n) is 3.20. The second-order valence-electron chi connectivity index (χ2n) is 7.52. The Morgan fingerprint density at radius 2 is 1.56 bits per heavy atom. The second kappa shape index (κ2) is 9.46. The molecule has 0 aliphatic rings. The maximum absolute atomic E-state index is 13.2. The van der Waals surface area contributed by atoms with Gasteiger partial charge in [-0.15, -0.1) is 5.10 Å². The third-order valence-electron chi connectivity index (χ3n) is 4.70. The number of anilines is 1. The quantitative estimate of drug-likeness (QED) is 0.348. The highest BCUT2D eigenvalue weighted by Gasteiger charge is 2.37. The molecule has 0 radical (unpaired) electrons. The first-order valence-corrected chi connectivity index (χ1v) is 10.4. The summed E-state index contributed by atoms with van der Waals surface area (Å²) in [5.74, 6) is -0.695. The molecule has 2 aromatic carbocycles. The molecule has 13 heteroatoms. The smallest absolute Gasteiger partial charge is 0.303 e. The van der Waals surface area contributed by atoms with Gasteiger partial charge in [0, 0.05) is 6.04 Å². The molecule has 34 heavy (non-hydrogen) atoms. The highest BCUT2D eigenvalue weighted by Crippen LogP contribution is 2.37.